The van der Waals surface area contributed by atoms with E-state index in [1.807, 2.05) is 54.6 Å². The maximum absolute atomic E-state index is 12.4. The number of nitrogens with one attached hydrogen (secondary N) is 2. The lowest BCUT2D eigenvalue weighted by Crippen LogP contribution is -2.14. The summed E-state index contributed by atoms with van der Waals surface area (Å²) < 4.78 is 0. The Morgan fingerprint density at radius 2 is 1.65 bits per heavy atom. The molecule has 0 bridgehead atoms. The molecule has 0 aliphatic carbocycles. The number of para-hydroxylation sites is 2. The Labute approximate surface area is 190 Å². The van der Waals surface area contributed by atoms with E-state index in [0.29, 0.717) is 15.9 Å². The molecule has 5 nitrogen and oxygen atoms in total. The van der Waals surface area contributed by atoms with Crippen LogP contribution < -0.4 is 10.6 Å². The molecule has 0 saturated carbocycles. The van der Waals surface area contributed by atoms with Gasteiger partial charge in [0, 0.05) is 11.9 Å². The van der Waals surface area contributed by atoms with E-state index >= 15 is 0 Å². The summed E-state index contributed by atoms with van der Waals surface area (Å²) >= 11 is 7.41. The van der Waals surface area contributed by atoms with Gasteiger partial charge in [0.1, 0.15) is 5.82 Å². The van der Waals surface area contributed by atoms with E-state index in [9.17, 15) is 4.79 Å². The zero-order valence-electron chi connectivity index (χ0n) is 16.7. The van der Waals surface area contributed by atoms with E-state index in [-0.39, 0.29) is 11.7 Å². The first-order chi connectivity index (χ1) is 15.2. The van der Waals surface area contributed by atoms with E-state index in [1.165, 1.54) is 17.3 Å². The third-order valence-electron chi connectivity index (χ3n) is 4.61. The fraction of sp³-hybridized carbons (Fsp3) is 0.125. The van der Waals surface area contributed by atoms with Crippen molar-refractivity contribution in [2.24, 2.45) is 0 Å². The highest BCUT2D eigenvalue weighted by molar-refractivity contribution is 7.99. The minimum Gasteiger partial charge on any atom is -0.369 e. The molecule has 31 heavy (non-hydrogen) atoms. The van der Waals surface area contributed by atoms with Gasteiger partial charge >= 0.3 is 0 Å². The first-order valence-corrected chi connectivity index (χ1v) is 11.3. The molecule has 7 heteroatoms. The summed E-state index contributed by atoms with van der Waals surface area (Å²) in [7, 11) is 0. The summed E-state index contributed by atoms with van der Waals surface area (Å²) in [5, 5.41) is 8.27. The number of aromatic nitrogens is 2. The number of hydrogen-bond acceptors (Lipinski definition) is 5. The predicted molar refractivity (Wildman–Crippen MR) is 129 cm³/mol. The van der Waals surface area contributed by atoms with Crippen LogP contribution in [0, 0.1) is 0 Å². The third-order valence-corrected chi connectivity index (χ3v) is 5.79. The fourth-order valence-corrected chi connectivity index (χ4v) is 3.94. The zero-order chi connectivity index (χ0) is 21.5. The number of anilines is 2. The molecule has 0 fully saturated rings. The number of benzene rings is 3. The molecule has 1 aromatic heterocycles. The molecule has 4 rings (SSSR count). The third kappa shape index (κ3) is 5.75. The van der Waals surface area contributed by atoms with Gasteiger partial charge in [0.2, 0.25) is 5.91 Å². The molecule has 2 N–H and O–H groups in total. The number of fused-ring (bicyclic) bond motifs is 1. The second-order valence-electron chi connectivity index (χ2n) is 6.85. The summed E-state index contributed by atoms with van der Waals surface area (Å²) in [6.07, 6.45) is 0.891. The van der Waals surface area contributed by atoms with E-state index in [1.54, 1.807) is 12.1 Å². The van der Waals surface area contributed by atoms with E-state index in [2.05, 4.69) is 32.7 Å². The molecule has 0 atom stereocenters. The Morgan fingerprint density at radius 3 is 2.48 bits per heavy atom. The van der Waals surface area contributed by atoms with Crippen LogP contribution in [0.4, 0.5) is 11.5 Å². The van der Waals surface area contributed by atoms with E-state index < -0.39 is 0 Å². The van der Waals surface area contributed by atoms with Crippen LogP contribution in [0.2, 0.25) is 5.02 Å². The monoisotopic (exact) mass is 448 g/mol. The van der Waals surface area contributed by atoms with Crippen molar-refractivity contribution in [2.45, 2.75) is 11.6 Å². The van der Waals surface area contributed by atoms with Gasteiger partial charge in [-0.1, -0.05) is 78.0 Å². The first kappa shape index (κ1) is 21.2. The number of carbonyl (C=O) groups excluding carboxylic acids is 1. The van der Waals surface area contributed by atoms with Crippen molar-refractivity contribution in [3.8, 4) is 0 Å². The summed E-state index contributed by atoms with van der Waals surface area (Å²) in [6, 6.07) is 25.3. The van der Waals surface area contributed by atoms with Crippen molar-refractivity contribution in [3.05, 3.63) is 89.4 Å². The van der Waals surface area contributed by atoms with E-state index in [4.69, 9.17) is 11.6 Å². The lowest BCUT2D eigenvalue weighted by molar-refractivity contribution is -0.113. The van der Waals surface area contributed by atoms with Crippen molar-refractivity contribution < 1.29 is 4.79 Å². The molecule has 1 heterocycles. The highest BCUT2D eigenvalue weighted by Crippen LogP contribution is 2.25. The number of halogens is 1. The van der Waals surface area contributed by atoms with E-state index in [0.717, 1.165) is 29.7 Å². The molecule has 156 valence electrons. The molecule has 3 aromatic carbocycles. The largest absolute Gasteiger partial charge is 0.369 e. The first-order valence-electron chi connectivity index (χ1n) is 9.91. The molecule has 4 aromatic rings. The Kier molecular flexibility index (Phi) is 7.02. The molecular formula is C24H21ClN4OS. The Bertz CT molecular complexity index is 1190. The zero-order valence-corrected chi connectivity index (χ0v) is 18.3. The van der Waals surface area contributed by atoms with Gasteiger partial charge in [-0.15, -0.1) is 0 Å². The molecule has 0 saturated heterocycles. The topological polar surface area (TPSA) is 66.9 Å². The van der Waals surface area contributed by atoms with Crippen LogP contribution in [0.3, 0.4) is 0 Å². The Morgan fingerprint density at radius 1 is 0.903 bits per heavy atom. The van der Waals surface area contributed by atoms with Crippen molar-refractivity contribution in [1.29, 1.82) is 0 Å². The van der Waals surface area contributed by atoms with Crippen molar-refractivity contribution >= 4 is 51.7 Å². The molecule has 0 unspecified atom stereocenters. The van der Waals surface area contributed by atoms with Crippen molar-refractivity contribution in [3.63, 3.8) is 0 Å². The second-order valence-corrected chi connectivity index (χ2v) is 8.20. The van der Waals surface area contributed by atoms with Crippen molar-refractivity contribution in [2.75, 3.05) is 22.9 Å². The fourth-order valence-electron chi connectivity index (χ4n) is 3.10. The number of amides is 1. The average molecular weight is 449 g/mol. The van der Waals surface area contributed by atoms with Gasteiger partial charge in [-0.2, -0.15) is 0 Å². The average Bonchev–Trinajstić information content (AvgIpc) is 2.80. The maximum atomic E-state index is 12.4. The maximum Gasteiger partial charge on any atom is 0.234 e. The van der Waals surface area contributed by atoms with Gasteiger partial charge < -0.3 is 10.6 Å². The van der Waals surface area contributed by atoms with Gasteiger partial charge in [0.25, 0.3) is 0 Å². The lowest BCUT2D eigenvalue weighted by Gasteiger charge is -2.11. The van der Waals surface area contributed by atoms with Crippen LogP contribution in [0.1, 0.15) is 5.56 Å². The van der Waals surface area contributed by atoms with Gasteiger partial charge in [-0.3, -0.25) is 4.79 Å². The van der Waals surface area contributed by atoms with Crippen LogP contribution in [0.15, 0.2) is 84.0 Å². The van der Waals surface area contributed by atoms with Crippen molar-refractivity contribution in [1.82, 2.24) is 9.97 Å². The Balaban J connectivity index is 1.44. The van der Waals surface area contributed by atoms with Gasteiger partial charge in [0.05, 0.1) is 22.0 Å². The summed E-state index contributed by atoms with van der Waals surface area (Å²) in [4.78, 5) is 21.6. The highest BCUT2D eigenvalue weighted by Gasteiger charge is 2.11. The minimum absolute atomic E-state index is 0.159. The summed E-state index contributed by atoms with van der Waals surface area (Å²) in [5.74, 6) is 0.802. The molecular weight excluding hydrogens is 428 g/mol. The predicted octanol–water partition coefficient (Wildman–Crippen LogP) is 5.67. The minimum atomic E-state index is -0.159. The molecule has 0 aliphatic heterocycles. The van der Waals surface area contributed by atoms with Crippen LogP contribution in [-0.4, -0.2) is 28.2 Å². The number of carbonyl (C=O) groups is 1. The second kappa shape index (κ2) is 10.3. The molecule has 0 aliphatic rings. The van der Waals surface area contributed by atoms with Crippen LogP contribution in [-0.2, 0) is 11.2 Å². The smallest absolute Gasteiger partial charge is 0.234 e. The number of rotatable bonds is 8. The molecule has 1 amide bonds. The van der Waals surface area contributed by atoms with Crippen LogP contribution in [0.25, 0.3) is 10.9 Å². The quantitative estimate of drug-likeness (QED) is 0.268. The number of hydrogen-bond donors (Lipinski definition) is 2. The molecule has 0 spiro atoms. The standard InChI is InChI=1S/C24H21ClN4OS/c25-19-11-5-7-13-21(19)27-22(30)16-31-24-28-20-12-6-4-10-18(20)23(29-24)26-15-14-17-8-2-1-3-9-17/h1-13H,14-16H2,(H,27,30)(H,26,28,29). The van der Waals surface area contributed by atoms with Gasteiger partial charge in [-0.25, -0.2) is 9.97 Å². The lowest BCUT2D eigenvalue weighted by atomic mass is 10.1. The summed E-state index contributed by atoms with van der Waals surface area (Å²) in [5.41, 5.74) is 2.70. The normalized spacial score (nSPS) is 10.7. The highest BCUT2D eigenvalue weighted by atomic mass is 35.5. The Hall–Kier alpha value is -3.09. The molecule has 0 radical (unpaired) electrons. The van der Waals surface area contributed by atoms with Crippen LogP contribution >= 0.6 is 23.4 Å². The van der Waals surface area contributed by atoms with Gasteiger partial charge in [0.15, 0.2) is 5.16 Å². The number of nitrogens with zero attached hydrogens (tertiary/aromatic N) is 2. The van der Waals surface area contributed by atoms with Crippen LogP contribution in [0.5, 0.6) is 0 Å². The SMILES string of the molecule is O=C(CSc1nc(NCCc2ccccc2)c2ccccc2n1)Nc1ccccc1Cl. The van der Waals surface area contributed by atoms with Gasteiger partial charge in [-0.05, 0) is 36.2 Å². The number of thioether (sulfide) groups is 1. The summed E-state index contributed by atoms with van der Waals surface area (Å²) in [6.45, 7) is 0.752.